The highest BCUT2D eigenvalue weighted by Crippen LogP contribution is 2.40. The minimum Gasteiger partial charge on any atom is -0.497 e. The van der Waals surface area contributed by atoms with Gasteiger partial charge in [0, 0.05) is 0 Å². The lowest BCUT2D eigenvalue weighted by atomic mass is 9.76. The second kappa shape index (κ2) is 5.09. The average molecular weight is 234 g/mol. The summed E-state index contributed by atoms with van der Waals surface area (Å²) in [6, 6.07) is 6.11. The zero-order chi connectivity index (χ0) is 12.3. The maximum absolute atomic E-state index is 10.8. The van der Waals surface area contributed by atoms with E-state index in [1.807, 2.05) is 12.1 Å². The molecule has 0 aliphatic heterocycles. The molecule has 0 saturated carbocycles. The molecular formula is C15H22O2. The fraction of sp³-hybridized carbons (Fsp3) is 0.600. The van der Waals surface area contributed by atoms with E-state index < -0.39 is 5.60 Å². The molecule has 0 spiro atoms. The standard InChI is InChI=1S/C15H22O2/c1-3-4-9-15(16)10-5-6-12-7-8-13(17-2)11-14(12)15/h7-8,11,16H,3-6,9-10H2,1-2H3. The van der Waals surface area contributed by atoms with Crippen LogP contribution in [0.25, 0.3) is 0 Å². The van der Waals surface area contributed by atoms with E-state index in [2.05, 4.69) is 13.0 Å². The number of hydrogen-bond donors (Lipinski definition) is 1. The molecule has 0 bridgehead atoms. The van der Waals surface area contributed by atoms with Crippen LogP contribution in [-0.2, 0) is 12.0 Å². The fourth-order valence-corrected chi connectivity index (χ4v) is 2.77. The molecule has 17 heavy (non-hydrogen) atoms. The first kappa shape index (κ1) is 12.4. The highest BCUT2D eigenvalue weighted by atomic mass is 16.5. The van der Waals surface area contributed by atoms with Crippen LogP contribution in [0.2, 0.25) is 0 Å². The van der Waals surface area contributed by atoms with Gasteiger partial charge in [0.1, 0.15) is 5.75 Å². The predicted octanol–water partition coefficient (Wildman–Crippen LogP) is 3.41. The summed E-state index contributed by atoms with van der Waals surface area (Å²) in [7, 11) is 1.68. The van der Waals surface area contributed by atoms with Crippen molar-refractivity contribution < 1.29 is 9.84 Å². The van der Waals surface area contributed by atoms with E-state index in [1.54, 1.807) is 7.11 Å². The molecule has 0 aromatic heterocycles. The largest absolute Gasteiger partial charge is 0.497 e. The molecule has 0 amide bonds. The van der Waals surface area contributed by atoms with E-state index in [-0.39, 0.29) is 0 Å². The highest BCUT2D eigenvalue weighted by molar-refractivity contribution is 5.41. The summed E-state index contributed by atoms with van der Waals surface area (Å²) in [5, 5.41) is 10.8. The van der Waals surface area contributed by atoms with Crippen LogP contribution in [0.3, 0.4) is 0 Å². The molecule has 1 aliphatic rings. The summed E-state index contributed by atoms with van der Waals surface area (Å²) in [5.41, 5.74) is 1.75. The van der Waals surface area contributed by atoms with E-state index in [9.17, 15) is 5.11 Å². The molecule has 94 valence electrons. The van der Waals surface area contributed by atoms with Crippen LogP contribution >= 0.6 is 0 Å². The van der Waals surface area contributed by atoms with E-state index in [4.69, 9.17) is 4.74 Å². The van der Waals surface area contributed by atoms with Crippen LogP contribution in [0.5, 0.6) is 5.75 Å². The fourth-order valence-electron chi connectivity index (χ4n) is 2.77. The topological polar surface area (TPSA) is 29.5 Å². The van der Waals surface area contributed by atoms with Crippen molar-refractivity contribution in [2.45, 2.75) is 51.0 Å². The number of aryl methyl sites for hydroxylation is 1. The normalized spacial score (nSPS) is 23.2. The summed E-state index contributed by atoms with van der Waals surface area (Å²) in [5.74, 6) is 0.848. The van der Waals surface area contributed by atoms with E-state index in [1.165, 1.54) is 5.56 Å². The number of ether oxygens (including phenoxy) is 1. The smallest absolute Gasteiger partial charge is 0.119 e. The molecule has 0 fully saturated rings. The summed E-state index contributed by atoms with van der Waals surface area (Å²) < 4.78 is 5.27. The van der Waals surface area contributed by atoms with Crippen molar-refractivity contribution in [2.24, 2.45) is 0 Å². The first-order valence-corrected chi connectivity index (χ1v) is 6.59. The van der Waals surface area contributed by atoms with Crippen LogP contribution in [0.4, 0.5) is 0 Å². The van der Waals surface area contributed by atoms with Gasteiger partial charge in [0.25, 0.3) is 0 Å². The molecule has 0 radical (unpaired) electrons. The summed E-state index contributed by atoms with van der Waals surface area (Å²) in [4.78, 5) is 0. The number of fused-ring (bicyclic) bond motifs is 1. The van der Waals surface area contributed by atoms with Crippen molar-refractivity contribution in [3.63, 3.8) is 0 Å². The van der Waals surface area contributed by atoms with Crippen LogP contribution < -0.4 is 4.74 Å². The zero-order valence-electron chi connectivity index (χ0n) is 10.8. The van der Waals surface area contributed by atoms with Gasteiger partial charge >= 0.3 is 0 Å². The number of aliphatic hydroxyl groups is 1. The van der Waals surface area contributed by atoms with E-state index >= 15 is 0 Å². The molecule has 1 unspecified atom stereocenters. The third-order valence-electron chi connectivity index (χ3n) is 3.80. The Morgan fingerprint density at radius 2 is 2.24 bits per heavy atom. The monoisotopic (exact) mass is 234 g/mol. The molecule has 0 heterocycles. The van der Waals surface area contributed by atoms with Crippen LogP contribution in [-0.4, -0.2) is 12.2 Å². The lowest BCUT2D eigenvalue weighted by molar-refractivity contribution is 0.00779. The Kier molecular flexibility index (Phi) is 3.72. The lowest BCUT2D eigenvalue weighted by Gasteiger charge is -2.35. The molecule has 1 N–H and O–H groups in total. The van der Waals surface area contributed by atoms with Gasteiger partial charge in [0.05, 0.1) is 12.7 Å². The molecular weight excluding hydrogens is 212 g/mol. The number of methoxy groups -OCH3 is 1. The molecule has 1 atom stereocenters. The number of benzene rings is 1. The van der Waals surface area contributed by atoms with Crippen LogP contribution in [0.1, 0.15) is 50.2 Å². The number of unbranched alkanes of at least 4 members (excludes halogenated alkanes) is 1. The van der Waals surface area contributed by atoms with Gasteiger partial charge in [-0.05, 0) is 48.9 Å². The van der Waals surface area contributed by atoms with Gasteiger partial charge in [-0.2, -0.15) is 0 Å². The molecule has 1 aliphatic carbocycles. The van der Waals surface area contributed by atoms with Crippen LogP contribution in [0.15, 0.2) is 18.2 Å². The maximum Gasteiger partial charge on any atom is 0.119 e. The first-order chi connectivity index (χ1) is 8.19. The number of hydrogen-bond acceptors (Lipinski definition) is 2. The third-order valence-corrected chi connectivity index (χ3v) is 3.80. The maximum atomic E-state index is 10.8. The second-order valence-corrected chi connectivity index (χ2v) is 5.01. The third kappa shape index (κ3) is 2.47. The van der Waals surface area contributed by atoms with Gasteiger partial charge < -0.3 is 9.84 Å². The van der Waals surface area contributed by atoms with Crippen LogP contribution in [0, 0.1) is 0 Å². The molecule has 1 aromatic rings. The zero-order valence-corrected chi connectivity index (χ0v) is 10.8. The number of rotatable bonds is 4. The Labute approximate surface area is 104 Å². The summed E-state index contributed by atoms with van der Waals surface area (Å²) in [6.07, 6.45) is 6.11. The lowest BCUT2D eigenvalue weighted by Crippen LogP contribution is -2.30. The highest BCUT2D eigenvalue weighted by Gasteiger charge is 2.33. The Morgan fingerprint density at radius 3 is 2.94 bits per heavy atom. The summed E-state index contributed by atoms with van der Waals surface area (Å²) >= 11 is 0. The van der Waals surface area contributed by atoms with Crippen molar-refractivity contribution in [1.29, 1.82) is 0 Å². The quantitative estimate of drug-likeness (QED) is 0.865. The Bertz CT molecular complexity index is 387. The molecule has 2 rings (SSSR count). The van der Waals surface area contributed by atoms with Crippen molar-refractivity contribution in [3.05, 3.63) is 29.3 Å². The minimum atomic E-state index is -0.627. The van der Waals surface area contributed by atoms with Crippen molar-refractivity contribution >= 4 is 0 Å². The van der Waals surface area contributed by atoms with Gasteiger partial charge in [-0.1, -0.05) is 25.8 Å². The van der Waals surface area contributed by atoms with E-state index in [0.29, 0.717) is 0 Å². The Balaban J connectivity index is 2.34. The van der Waals surface area contributed by atoms with Gasteiger partial charge in [-0.3, -0.25) is 0 Å². The Hall–Kier alpha value is -1.02. The van der Waals surface area contributed by atoms with Gasteiger partial charge in [-0.15, -0.1) is 0 Å². The van der Waals surface area contributed by atoms with Gasteiger partial charge in [-0.25, -0.2) is 0 Å². The summed E-state index contributed by atoms with van der Waals surface area (Å²) in [6.45, 7) is 2.17. The van der Waals surface area contributed by atoms with Crippen molar-refractivity contribution in [3.8, 4) is 5.75 Å². The van der Waals surface area contributed by atoms with Crippen molar-refractivity contribution in [2.75, 3.05) is 7.11 Å². The predicted molar refractivity (Wildman–Crippen MR) is 69.4 cm³/mol. The second-order valence-electron chi connectivity index (χ2n) is 5.01. The van der Waals surface area contributed by atoms with Gasteiger partial charge in [0.15, 0.2) is 0 Å². The average Bonchev–Trinajstić information content (AvgIpc) is 2.37. The Morgan fingerprint density at radius 1 is 1.41 bits per heavy atom. The molecule has 0 saturated heterocycles. The SMILES string of the molecule is CCCCC1(O)CCCc2ccc(OC)cc21. The molecule has 2 heteroatoms. The minimum absolute atomic E-state index is 0.627. The van der Waals surface area contributed by atoms with E-state index in [0.717, 1.165) is 49.8 Å². The molecule has 2 nitrogen and oxygen atoms in total. The van der Waals surface area contributed by atoms with Crippen molar-refractivity contribution in [1.82, 2.24) is 0 Å². The molecule has 1 aromatic carbocycles. The van der Waals surface area contributed by atoms with Gasteiger partial charge in [0.2, 0.25) is 0 Å². The first-order valence-electron chi connectivity index (χ1n) is 6.59.